The summed E-state index contributed by atoms with van der Waals surface area (Å²) in [5, 5.41) is 0. The number of nitrogens with two attached hydrogens (primary N) is 1. The van der Waals surface area contributed by atoms with Gasteiger partial charge in [-0.25, -0.2) is 0 Å². The van der Waals surface area contributed by atoms with Crippen LogP contribution in [0.1, 0.15) is 53.4 Å². The second-order valence-electron chi connectivity index (χ2n) is 5.14. The Kier molecular flexibility index (Phi) is 5.07. The van der Waals surface area contributed by atoms with Gasteiger partial charge in [0.2, 0.25) is 0 Å². The van der Waals surface area contributed by atoms with Crippen LogP contribution in [-0.4, -0.2) is 18.2 Å². The summed E-state index contributed by atoms with van der Waals surface area (Å²) >= 11 is 0. The number of hydrogen-bond donors (Lipinski definition) is 1. The van der Waals surface area contributed by atoms with Gasteiger partial charge in [0.15, 0.2) is 0 Å². The fourth-order valence-corrected chi connectivity index (χ4v) is 2.85. The molecule has 1 fully saturated rings. The van der Waals surface area contributed by atoms with Gasteiger partial charge in [-0.2, -0.15) is 0 Å². The van der Waals surface area contributed by atoms with Gasteiger partial charge in [0.05, 0.1) is 12.2 Å². The third-order valence-electron chi connectivity index (χ3n) is 3.95. The van der Waals surface area contributed by atoms with Gasteiger partial charge >= 0.3 is 0 Å². The maximum Gasteiger partial charge on any atom is 0.0597 e. The summed E-state index contributed by atoms with van der Waals surface area (Å²) in [6, 6.07) is 0.325. The molecule has 5 atom stereocenters. The predicted octanol–water partition coefficient (Wildman–Crippen LogP) is 2.95. The molecule has 5 unspecified atom stereocenters. The van der Waals surface area contributed by atoms with Crippen molar-refractivity contribution in [2.45, 2.75) is 71.6 Å². The lowest BCUT2D eigenvalue weighted by atomic mass is 9.82. The van der Waals surface area contributed by atoms with Crippen molar-refractivity contribution in [3.8, 4) is 0 Å². The van der Waals surface area contributed by atoms with Crippen LogP contribution < -0.4 is 5.73 Å². The quantitative estimate of drug-likeness (QED) is 0.713. The normalized spacial score (nSPS) is 38.2. The Hall–Kier alpha value is -0.0800. The minimum atomic E-state index is 0.325. The molecule has 0 aliphatic carbocycles. The number of unbranched alkanes of at least 4 members (excludes halogenated alkanes) is 2. The van der Waals surface area contributed by atoms with Crippen LogP contribution in [0.5, 0.6) is 0 Å². The minimum absolute atomic E-state index is 0.325. The van der Waals surface area contributed by atoms with Crippen LogP contribution in [-0.2, 0) is 4.74 Å². The highest BCUT2D eigenvalue weighted by molar-refractivity contribution is 4.90. The average Bonchev–Trinajstić information content (AvgIpc) is 2.41. The van der Waals surface area contributed by atoms with Crippen molar-refractivity contribution in [3.05, 3.63) is 0 Å². The standard InChI is InChI=1S/C13H27NO/c1-5-6-7-8-12(14)13-9(2)10(3)15-11(13)4/h9-13H,5-8,14H2,1-4H3. The van der Waals surface area contributed by atoms with Crippen molar-refractivity contribution < 1.29 is 4.74 Å². The first-order valence-electron chi connectivity index (χ1n) is 6.49. The molecule has 90 valence electrons. The van der Waals surface area contributed by atoms with E-state index in [2.05, 4.69) is 27.7 Å². The molecule has 0 aromatic carbocycles. The smallest absolute Gasteiger partial charge is 0.0597 e. The Morgan fingerprint density at radius 2 is 1.80 bits per heavy atom. The van der Waals surface area contributed by atoms with Gasteiger partial charge in [0.1, 0.15) is 0 Å². The summed E-state index contributed by atoms with van der Waals surface area (Å²) in [5.41, 5.74) is 6.28. The molecule has 1 aliphatic rings. The Bertz CT molecular complexity index is 183. The van der Waals surface area contributed by atoms with Gasteiger partial charge in [-0.05, 0) is 26.2 Å². The molecule has 1 saturated heterocycles. The van der Waals surface area contributed by atoms with E-state index in [1.54, 1.807) is 0 Å². The summed E-state index contributed by atoms with van der Waals surface area (Å²) in [6.07, 6.45) is 5.72. The maximum absolute atomic E-state index is 6.28. The fraction of sp³-hybridized carbons (Fsp3) is 1.00. The van der Waals surface area contributed by atoms with Crippen molar-refractivity contribution in [2.24, 2.45) is 17.6 Å². The van der Waals surface area contributed by atoms with Crippen molar-refractivity contribution in [1.82, 2.24) is 0 Å². The zero-order valence-corrected chi connectivity index (χ0v) is 10.7. The molecular weight excluding hydrogens is 186 g/mol. The lowest BCUT2D eigenvalue weighted by Crippen LogP contribution is -2.37. The van der Waals surface area contributed by atoms with Gasteiger partial charge in [-0.1, -0.05) is 33.1 Å². The van der Waals surface area contributed by atoms with Crippen LogP contribution in [0.2, 0.25) is 0 Å². The molecule has 0 aromatic heterocycles. The zero-order chi connectivity index (χ0) is 11.4. The van der Waals surface area contributed by atoms with Gasteiger partial charge in [0, 0.05) is 12.0 Å². The number of ether oxygens (including phenoxy) is 1. The first-order chi connectivity index (χ1) is 7.07. The van der Waals surface area contributed by atoms with Gasteiger partial charge in [-0.3, -0.25) is 0 Å². The largest absolute Gasteiger partial charge is 0.375 e. The second-order valence-corrected chi connectivity index (χ2v) is 5.14. The Balaban J connectivity index is 2.40. The molecule has 2 heteroatoms. The lowest BCUT2D eigenvalue weighted by molar-refractivity contribution is 0.0486. The zero-order valence-electron chi connectivity index (χ0n) is 10.7. The summed E-state index contributed by atoms with van der Waals surface area (Å²) in [4.78, 5) is 0. The Labute approximate surface area is 94.6 Å². The molecule has 2 N–H and O–H groups in total. The molecule has 0 spiro atoms. The van der Waals surface area contributed by atoms with Crippen LogP contribution >= 0.6 is 0 Å². The van der Waals surface area contributed by atoms with Crippen molar-refractivity contribution in [3.63, 3.8) is 0 Å². The third-order valence-corrected chi connectivity index (χ3v) is 3.95. The molecule has 15 heavy (non-hydrogen) atoms. The summed E-state index contributed by atoms with van der Waals surface area (Å²) < 4.78 is 5.83. The topological polar surface area (TPSA) is 35.2 Å². The van der Waals surface area contributed by atoms with E-state index in [0.29, 0.717) is 30.1 Å². The molecule has 0 saturated carbocycles. The molecule has 1 heterocycles. The highest BCUT2D eigenvalue weighted by Crippen LogP contribution is 2.35. The average molecular weight is 213 g/mol. The molecule has 0 aromatic rings. The number of hydrogen-bond acceptors (Lipinski definition) is 2. The summed E-state index contributed by atoms with van der Waals surface area (Å²) in [7, 11) is 0. The van der Waals surface area contributed by atoms with E-state index in [-0.39, 0.29) is 0 Å². The van der Waals surface area contributed by atoms with Crippen molar-refractivity contribution in [2.75, 3.05) is 0 Å². The Morgan fingerprint density at radius 1 is 1.13 bits per heavy atom. The monoisotopic (exact) mass is 213 g/mol. The second kappa shape index (κ2) is 5.86. The highest BCUT2D eigenvalue weighted by Gasteiger charge is 2.39. The van der Waals surface area contributed by atoms with E-state index in [9.17, 15) is 0 Å². The van der Waals surface area contributed by atoms with E-state index in [1.165, 1.54) is 19.3 Å². The van der Waals surface area contributed by atoms with E-state index < -0.39 is 0 Å². The summed E-state index contributed by atoms with van der Waals surface area (Å²) in [6.45, 7) is 8.85. The minimum Gasteiger partial charge on any atom is -0.375 e. The van der Waals surface area contributed by atoms with Gasteiger partial charge < -0.3 is 10.5 Å². The van der Waals surface area contributed by atoms with Crippen LogP contribution in [0.3, 0.4) is 0 Å². The molecule has 0 bridgehead atoms. The first-order valence-corrected chi connectivity index (χ1v) is 6.49. The van der Waals surface area contributed by atoms with Gasteiger partial charge in [0.25, 0.3) is 0 Å². The van der Waals surface area contributed by atoms with E-state index >= 15 is 0 Å². The number of rotatable bonds is 5. The SMILES string of the molecule is CCCCCC(N)C1C(C)OC(C)C1C. The maximum atomic E-state index is 6.28. The molecule has 0 amide bonds. The van der Waals surface area contributed by atoms with Crippen LogP contribution in [0, 0.1) is 11.8 Å². The van der Waals surface area contributed by atoms with Crippen LogP contribution in [0.4, 0.5) is 0 Å². The van der Waals surface area contributed by atoms with Crippen LogP contribution in [0.25, 0.3) is 0 Å². The molecule has 1 aliphatic heterocycles. The van der Waals surface area contributed by atoms with E-state index in [0.717, 1.165) is 6.42 Å². The lowest BCUT2D eigenvalue weighted by Gasteiger charge is -2.25. The van der Waals surface area contributed by atoms with Gasteiger partial charge in [-0.15, -0.1) is 0 Å². The molecular formula is C13H27NO. The van der Waals surface area contributed by atoms with E-state index in [1.807, 2.05) is 0 Å². The molecule has 0 radical (unpaired) electrons. The third kappa shape index (κ3) is 3.18. The first kappa shape index (κ1) is 13.0. The van der Waals surface area contributed by atoms with E-state index in [4.69, 9.17) is 10.5 Å². The summed E-state index contributed by atoms with van der Waals surface area (Å²) in [5.74, 6) is 1.16. The predicted molar refractivity (Wildman–Crippen MR) is 64.8 cm³/mol. The van der Waals surface area contributed by atoms with Crippen molar-refractivity contribution in [1.29, 1.82) is 0 Å². The molecule has 1 rings (SSSR count). The fourth-order valence-electron chi connectivity index (χ4n) is 2.85. The van der Waals surface area contributed by atoms with Crippen LogP contribution in [0.15, 0.2) is 0 Å². The molecule has 2 nitrogen and oxygen atoms in total. The Morgan fingerprint density at radius 3 is 2.27 bits per heavy atom. The highest BCUT2D eigenvalue weighted by atomic mass is 16.5. The van der Waals surface area contributed by atoms with Crippen molar-refractivity contribution >= 4 is 0 Å².